The van der Waals surface area contributed by atoms with Gasteiger partial charge in [-0.15, -0.1) is 0 Å². The first kappa shape index (κ1) is 16.6. The summed E-state index contributed by atoms with van der Waals surface area (Å²) >= 11 is 0. The molecule has 0 amide bonds. The molecule has 0 aromatic heterocycles. The molecule has 9 heteroatoms. The Morgan fingerprint density at radius 3 is 2.12 bits per heavy atom. The average Bonchev–Trinajstić information content (AvgIpc) is 2.16. The summed E-state index contributed by atoms with van der Waals surface area (Å²) in [4.78, 5) is -1.71. The molecular weight excluding hydrogens is 269 g/mol. The summed E-state index contributed by atoms with van der Waals surface area (Å²) in [6.45, 7) is 3.01. The molecule has 0 aliphatic carbocycles. The predicted octanol–water partition coefficient (Wildman–Crippen LogP) is 1.77. The Morgan fingerprint density at radius 1 is 1.35 bits per heavy atom. The Morgan fingerprint density at radius 2 is 1.82 bits per heavy atom. The number of nitriles is 1. The van der Waals surface area contributed by atoms with Gasteiger partial charge in [0.2, 0.25) is 0 Å². The second kappa shape index (κ2) is 7.09. The lowest BCUT2D eigenvalue weighted by atomic mass is 10.4. The van der Waals surface area contributed by atoms with E-state index in [1.165, 1.54) is 13.8 Å². The van der Waals surface area contributed by atoms with Crippen molar-refractivity contribution in [1.82, 2.24) is 0 Å². The van der Waals surface area contributed by atoms with Gasteiger partial charge in [0.1, 0.15) is 0 Å². The molecule has 0 aliphatic rings. The molecule has 0 saturated heterocycles. The number of rotatable bonds is 8. The van der Waals surface area contributed by atoms with Crippen molar-refractivity contribution in [3.63, 3.8) is 0 Å². The maximum absolute atomic E-state index is 12.2. The lowest BCUT2D eigenvalue weighted by Crippen LogP contribution is -2.23. The van der Waals surface area contributed by atoms with E-state index in [4.69, 9.17) is 18.9 Å². The number of hydrogen-bond donors (Lipinski definition) is 1. The quantitative estimate of drug-likeness (QED) is 0.534. The smallest absolute Gasteiger partial charge is 0.308 e. The molecular formula is C8H16NO6PS. The topological polar surface area (TPSA) is 114 Å². The van der Waals surface area contributed by atoms with Crippen LogP contribution >= 0.6 is 7.60 Å². The zero-order chi connectivity index (χ0) is 13.5. The molecule has 1 atom stereocenters. The molecule has 0 fully saturated rings. The zero-order valence-corrected chi connectivity index (χ0v) is 11.4. The van der Waals surface area contributed by atoms with E-state index >= 15 is 0 Å². The second-order valence-electron chi connectivity index (χ2n) is 3.04. The van der Waals surface area contributed by atoms with Crippen LogP contribution in [0.15, 0.2) is 0 Å². The second-order valence-corrected chi connectivity index (χ2v) is 7.21. The largest absolute Gasteiger partial charge is 0.351 e. The highest BCUT2D eigenvalue weighted by Gasteiger charge is 2.44. The normalized spacial score (nSPS) is 14.2. The molecule has 17 heavy (non-hydrogen) atoms. The van der Waals surface area contributed by atoms with E-state index in [0.29, 0.717) is 0 Å². The van der Waals surface area contributed by atoms with Crippen LogP contribution in [0.1, 0.15) is 26.7 Å². The molecule has 0 heterocycles. The van der Waals surface area contributed by atoms with Gasteiger partial charge in [-0.3, -0.25) is 9.12 Å². The molecule has 1 N–H and O–H groups in total. The minimum Gasteiger partial charge on any atom is -0.308 e. The molecule has 1 unspecified atom stereocenters. The minimum atomic E-state index is -4.60. The number of hydrogen-bond acceptors (Lipinski definition) is 6. The molecule has 0 saturated carbocycles. The van der Waals surface area contributed by atoms with Crippen molar-refractivity contribution in [1.29, 1.82) is 5.26 Å². The lowest BCUT2D eigenvalue weighted by molar-refractivity contribution is 0.216. The fourth-order valence-corrected chi connectivity index (χ4v) is 4.88. The van der Waals surface area contributed by atoms with E-state index < -0.39 is 22.7 Å². The van der Waals surface area contributed by atoms with Crippen molar-refractivity contribution in [3.05, 3.63) is 0 Å². The molecule has 0 aromatic rings. The minimum absolute atomic E-state index is 0.0180. The van der Waals surface area contributed by atoms with Crippen molar-refractivity contribution < 1.29 is 26.6 Å². The van der Waals surface area contributed by atoms with Crippen LogP contribution in [0, 0.1) is 11.3 Å². The SMILES string of the molecule is CCOP(=O)(OCC)C(CCC#N)S(=O)(=O)O. The van der Waals surface area contributed by atoms with Crippen molar-refractivity contribution in [2.45, 2.75) is 31.7 Å². The van der Waals surface area contributed by atoms with Crippen molar-refractivity contribution in [2.75, 3.05) is 13.2 Å². The summed E-state index contributed by atoms with van der Waals surface area (Å²) in [5.74, 6) is 0. The average molecular weight is 285 g/mol. The van der Waals surface area contributed by atoms with Gasteiger partial charge < -0.3 is 9.05 Å². The summed E-state index contributed by atoms with van der Waals surface area (Å²) in [7, 11) is -8.57. The Labute approximate surface area is 101 Å². The van der Waals surface area contributed by atoms with Crippen LogP contribution in [0.3, 0.4) is 0 Å². The van der Waals surface area contributed by atoms with Gasteiger partial charge >= 0.3 is 7.60 Å². The van der Waals surface area contributed by atoms with Crippen molar-refractivity contribution in [3.8, 4) is 6.07 Å². The van der Waals surface area contributed by atoms with Gasteiger partial charge in [-0.25, -0.2) is 0 Å². The van der Waals surface area contributed by atoms with E-state index in [1.807, 2.05) is 0 Å². The fraction of sp³-hybridized carbons (Fsp3) is 0.875. The van der Waals surface area contributed by atoms with Crippen molar-refractivity contribution >= 4 is 17.7 Å². The zero-order valence-electron chi connectivity index (χ0n) is 9.70. The van der Waals surface area contributed by atoms with Gasteiger partial charge in [-0.2, -0.15) is 13.7 Å². The van der Waals surface area contributed by atoms with Crippen LogP contribution in [-0.4, -0.2) is 31.2 Å². The third-order valence-corrected chi connectivity index (χ3v) is 6.51. The molecule has 0 radical (unpaired) electrons. The van der Waals surface area contributed by atoms with Crippen molar-refractivity contribution in [2.24, 2.45) is 0 Å². The third-order valence-electron chi connectivity index (χ3n) is 1.82. The maximum atomic E-state index is 12.2. The summed E-state index contributed by atoms with van der Waals surface area (Å²) in [5, 5.41) is 8.41. The Kier molecular flexibility index (Phi) is 6.90. The van der Waals surface area contributed by atoms with E-state index in [9.17, 15) is 13.0 Å². The van der Waals surface area contributed by atoms with Crippen LogP contribution < -0.4 is 0 Å². The van der Waals surface area contributed by atoms with Crippen LogP contribution in [0.4, 0.5) is 0 Å². The molecule has 0 aromatic carbocycles. The molecule has 0 bridgehead atoms. The van der Waals surface area contributed by atoms with Gasteiger partial charge in [0.25, 0.3) is 10.1 Å². The third kappa shape index (κ3) is 5.15. The van der Waals surface area contributed by atoms with Gasteiger partial charge in [-0.1, -0.05) is 0 Å². The molecule has 0 spiro atoms. The van der Waals surface area contributed by atoms with Gasteiger partial charge in [-0.05, 0) is 20.3 Å². The highest BCUT2D eigenvalue weighted by molar-refractivity contribution is 7.94. The Bertz CT molecular complexity index is 404. The summed E-state index contributed by atoms with van der Waals surface area (Å²) in [5.41, 5.74) is 0. The summed E-state index contributed by atoms with van der Waals surface area (Å²) < 4.78 is 53.2. The fourth-order valence-electron chi connectivity index (χ4n) is 1.22. The highest BCUT2D eigenvalue weighted by atomic mass is 32.2. The van der Waals surface area contributed by atoms with E-state index in [1.54, 1.807) is 6.07 Å². The van der Waals surface area contributed by atoms with Crippen LogP contribution in [0.25, 0.3) is 0 Å². The highest BCUT2D eigenvalue weighted by Crippen LogP contribution is 2.56. The first-order chi connectivity index (χ1) is 7.81. The monoisotopic (exact) mass is 285 g/mol. The molecule has 0 rings (SSSR count). The van der Waals surface area contributed by atoms with Gasteiger partial charge in [0, 0.05) is 6.42 Å². The van der Waals surface area contributed by atoms with Gasteiger partial charge in [0.15, 0.2) is 4.99 Å². The molecule has 100 valence electrons. The number of nitrogens with zero attached hydrogens (tertiary/aromatic N) is 1. The summed E-state index contributed by atoms with van der Waals surface area (Å²) in [6.07, 6.45) is -0.471. The summed E-state index contributed by atoms with van der Waals surface area (Å²) in [6, 6.07) is 1.72. The van der Waals surface area contributed by atoms with E-state index in [-0.39, 0.29) is 26.1 Å². The Hall–Kier alpha value is -0.450. The van der Waals surface area contributed by atoms with E-state index in [2.05, 4.69) is 0 Å². The first-order valence-corrected chi connectivity index (χ1v) is 8.15. The van der Waals surface area contributed by atoms with Crippen LogP contribution in [0.5, 0.6) is 0 Å². The lowest BCUT2D eigenvalue weighted by Gasteiger charge is -2.23. The van der Waals surface area contributed by atoms with Gasteiger partial charge in [0.05, 0.1) is 19.3 Å². The Balaban J connectivity index is 5.23. The van der Waals surface area contributed by atoms with Crippen LogP contribution in [-0.2, 0) is 23.7 Å². The molecule has 7 nitrogen and oxygen atoms in total. The van der Waals surface area contributed by atoms with Crippen LogP contribution in [0.2, 0.25) is 0 Å². The maximum Gasteiger partial charge on any atom is 0.351 e. The standard InChI is InChI=1S/C8H16NO6PS/c1-3-14-16(10,15-4-2)8(6-5-7-9)17(11,12)13/h8H,3-6H2,1-2H3,(H,11,12,13). The first-order valence-electron chi connectivity index (χ1n) is 5.03. The molecule has 0 aliphatic heterocycles. The van der Waals surface area contributed by atoms with E-state index in [0.717, 1.165) is 0 Å². The predicted molar refractivity (Wildman–Crippen MR) is 61.0 cm³/mol.